The SMILES string of the molecule is Cc1cc(-c2ccc(-c3cccc(-c4cc(-c5ccccc5)nc(-c5ccccc5)n4)c3)cc2)c2ccc3ccc(-c4ccccc4)nc3c2n1.Cc1cc(-c2ccc(-c3cccc(-c4nc(-c5ccccc5)cc(-c5ccccc5)n4)c3)cc2)c2ccc3ccc(-c4ccc5ccccc5c4)nc3c2n1. The Balaban J connectivity index is 0.000000151. The third-order valence-electron chi connectivity index (χ3n) is 19.7. The Bertz CT molecular complexity index is 6380. The highest BCUT2D eigenvalue weighted by molar-refractivity contribution is 6.10. The number of aromatic nitrogens is 8. The highest BCUT2D eigenvalue weighted by atomic mass is 14.9. The maximum absolute atomic E-state index is 5.22. The van der Waals surface area contributed by atoms with Crippen molar-refractivity contribution in [2.45, 2.75) is 13.8 Å². The number of hydrogen-bond acceptors (Lipinski definition) is 8. The molecule has 0 aliphatic carbocycles. The van der Waals surface area contributed by atoms with Crippen molar-refractivity contribution in [3.05, 3.63) is 375 Å². The molecule has 13 aromatic carbocycles. The van der Waals surface area contributed by atoms with E-state index < -0.39 is 0 Å². The molecular weight excluding hydrogens is 1290 g/mol. The van der Waals surface area contributed by atoms with Gasteiger partial charge in [-0.25, -0.2) is 29.9 Å². The first-order valence-corrected chi connectivity index (χ1v) is 35.7. The molecule has 19 rings (SSSR count). The predicted octanol–water partition coefficient (Wildman–Crippen LogP) is 24.9. The quantitative estimate of drug-likeness (QED) is 0.111. The number of hydrogen-bond donors (Lipinski definition) is 0. The molecule has 8 heteroatoms. The molecule has 498 valence electrons. The molecular formula is C98H66N8. The summed E-state index contributed by atoms with van der Waals surface area (Å²) in [6.07, 6.45) is 0. The summed E-state index contributed by atoms with van der Waals surface area (Å²) in [4.78, 5) is 40.5. The molecule has 0 saturated heterocycles. The summed E-state index contributed by atoms with van der Waals surface area (Å²) in [5.74, 6) is 1.41. The van der Waals surface area contributed by atoms with Crippen LogP contribution in [0, 0.1) is 13.8 Å². The van der Waals surface area contributed by atoms with E-state index in [0.29, 0.717) is 11.6 Å². The van der Waals surface area contributed by atoms with Crippen LogP contribution in [0.3, 0.4) is 0 Å². The van der Waals surface area contributed by atoms with Gasteiger partial charge in [0.1, 0.15) is 0 Å². The summed E-state index contributed by atoms with van der Waals surface area (Å²) in [7, 11) is 0. The number of nitrogens with zero attached hydrogens (tertiary/aromatic N) is 8. The van der Waals surface area contributed by atoms with Gasteiger partial charge in [0.15, 0.2) is 11.6 Å². The van der Waals surface area contributed by atoms with Crippen LogP contribution in [0.15, 0.2) is 364 Å². The van der Waals surface area contributed by atoms with Gasteiger partial charge in [0.25, 0.3) is 0 Å². The van der Waals surface area contributed by atoms with Crippen LogP contribution in [0.1, 0.15) is 11.4 Å². The predicted molar refractivity (Wildman–Crippen MR) is 437 cm³/mol. The highest BCUT2D eigenvalue weighted by Crippen LogP contribution is 2.40. The Kier molecular flexibility index (Phi) is 16.9. The van der Waals surface area contributed by atoms with E-state index >= 15 is 0 Å². The Morgan fingerprint density at radius 1 is 0.160 bits per heavy atom. The normalized spacial score (nSPS) is 11.3. The van der Waals surface area contributed by atoms with Crippen LogP contribution in [-0.4, -0.2) is 39.9 Å². The maximum Gasteiger partial charge on any atom is 0.160 e. The van der Waals surface area contributed by atoms with Gasteiger partial charge < -0.3 is 0 Å². The van der Waals surface area contributed by atoms with Gasteiger partial charge in [-0.2, -0.15) is 0 Å². The first kappa shape index (κ1) is 64.0. The molecule has 8 nitrogen and oxygen atoms in total. The number of rotatable bonds is 12. The van der Waals surface area contributed by atoms with Gasteiger partial charge in [-0.15, -0.1) is 0 Å². The van der Waals surface area contributed by atoms with Gasteiger partial charge in [-0.05, 0) is 124 Å². The van der Waals surface area contributed by atoms with Crippen molar-refractivity contribution in [2.75, 3.05) is 0 Å². The van der Waals surface area contributed by atoms with Crippen molar-refractivity contribution in [2.24, 2.45) is 0 Å². The molecule has 0 aliphatic rings. The minimum Gasteiger partial charge on any atom is -0.251 e. The zero-order valence-electron chi connectivity index (χ0n) is 58.2. The summed E-state index contributed by atoms with van der Waals surface area (Å²) in [6, 6.07) is 127. The van der Waals surface area contributed by atoms with E-state index in [-0.39, 0.29) is 0 Å². The molecule has 0 saturated carbocycles. The van der Waals surface area contributed by atoms with Gasteiger partial charge in [-0.1, -0.05) is 309 Å². The highest BCUT2D eigenvalue weighted by Gasteiger charge is 2.18. The Morgan fingerprint density at radius 3 is 0.953 bits per heavy atom. The maximum atomic E-state index is 5.22. The number of fused-ring (bicyclic) bond motifs is 7. The summed E-state index contributed by atoms with van der Waals surface area (Å²) in [6.45, 7) is 4.12. The second-order valence-corrected chi connectivity index (χ2v) is 26.7. The van der Waals surface area contributed by atoms with Crippen molar-refractivity contribution >= 4 is 54.4 Å². The molecule has 0 amide bonds. The fourth-order valence-corrected chi connectivity index (χ4v) is 14.3. The van der Waals surface area contributed by atoms with E-state index in [1.54, 1.807) is 0 Å². The minimum absolute atomic E-state index is 0.696. The average molecular weight is 1360 g/mol. The van der Waals surface area contributed by atoms with Crippen LogP contribution in [0.4, 0.5) is 0 Å². The lowest BCUT2D eigenvalue weighted by molar-refractivity contribution is 1.18. The van der Waals surface area contributed by atoms with Gasteiger partial charge >= 0.3 is 0 Å². The Labute approximate surface area is 614 Å². The second kappa shape index (κ2) is 28.0. The third kappa shape index (κ3) is 13.0. The molecule has 0 atom stereocenters. The van der Waals surface area contributed by atoms with Crippen molar-refractivity contribution in [3.8, 4) is 135 Å². The first-order chi connectivity index (χ1) is 52.3. The molecule has 106 heavy (non-hydrogen) atoms. The van der Waals surface area contributed by atoms with Crippen LogP contribution < -0.4 is 0 Å². The molecule has 0 radical (unpaired) electrons. The topological polar surface area (TPSA) is 103 Å². The van der Waals surface area contributed by atoms with Crippen molar-refractivity contribution in [1.82, 2.24) is 39.9 Å². The van der Waals surface area contributed by atoms with Gasteiger partial charge in [-0.3, -0.25) is 9.97 Å². The van der Waals surface area contributed by atoms with Crippen LogP contribution in [0.25, 0.3) is 189 Å². The van der Waals surface area contributed by atoms with Crippen LogP contribution in [0.2, 0.25) is 0 Å². The fraction of sp³-hybridized carbons (Fsp3) is 0.0204. The van der Waals surface area contributed by atoms with Gasteiger partial charge in [0.2, 0.25) is 0 Å². The Morgan fingerprint density at radius 2 is 0.481 bits per heavy atom. The lowest BCUT2D eigenvalue weighted by atomic mass is 9.95. The van der Waals surface area contributed by atoms with Crippen molar-refractivity contribution < 1.29 is 0 Å². The minimum atomic E-state index is 0.696. The first-order valence-electron chi connectivity index (χ1n) is 35.7. The van der Waals surface area contributed by atoms with E-state index in [0.717, 1.165) is 178 Å². The van der Waals surface area contributed by atoms with Gasteiger partial charge in [0.05, 0.1) is 56.2 Å². The molecule has 0 N–H and O–H groups in total. The summed E-state index contributed by atoms with van der Waals surface area (Å²) < 4.78 is 0. The fourth-order valence-electron chi connectivity index (χ4n) is 14.3. The summed E-state index contributed by atoms with van der Waals surface area (Å²) in [5, 5.41) is 6.75. The van der Waals surface area contributed by atoms with Crippen LogP contribution >= 0.6 is 0 Å². The second-order valence-electron chi connectivity index (χ2n) is 26.7. The third-order valence-corrected chi connectivity index (χ3v) is 19.7. The molecule has 0 bridgehead atoms. The average Bonchev–Trinajstić information content (AvgIpc) is 0.758. The van der Waals surface area contributed by atoms with E-state index in [1.807, 2.05) is 91.0 Å². The van der Waals surface area contributed by atoms with E-state index in [9.17, 15) is 0 Å². The number of benzene rings is 13. The zero-order valence-corrected chi connectivity index (χ0v) is 58.2. The van der Waals surface area contributed by atoms with E-state index in [4.69, 9.17) is 39.9 Å². The van der Waals surface area contributed by atoms with Crippen LogP contribution in [-0.2, 0) is 0 Å². The molecule has 6 heterocycles. The lowest BCUT2D eigenvalue weighted by Crippen LogP contribution is -1.96. The summed E-state index contributed by atoms with van der Waals surface area (Å²) >= 11 is 0. The largest absolute Gasteiger partial charge is 0.251 e. The molecule has 0 unspecified atom stereocenters. The number of aryl methyl sites for hydroxylation is 2. The van der Waals surface area contributed by atoms with Crippen LogP contribution in [0.5, 0.6) is 0 Å². The smallest absolute Gasteiger partial charge is 0.160 e. The summed E-state index contributed by atoms with van der Waals surface area (Å²) in [5.41, 5.74) is 28.5. The molecule has 19 aromatic rings. The van der Waals surface area contributed by atoms with E-state index in [2.05, 4.69) is 287 Å². The standard InChI is InChI=1S/C51H34N4.C47H32N4/c1-33-29-45(44-27-25-39-26-28-46(53-49(39)50(44)52-33)42-24-21-34-11-8-9-16-40(34)30-42)36-22-19-35(20-23-36)41-17-10-18-43(31-41)51-54-47(37-12-4-2-5-13-37)32-48(55-51)38-14-6-3-7-15-38;1-31-28-41(40-26-24-36-25-27-42(34-12-5-2-6-13-34)49-45(36)46(40)48-31)33-22-20-32(21-23-33)38-18-11-19-39(29-38)44-30-43(35-14-7-3-8-15-35)50-47(51-44)37-16-9-4-10-17-37/h2-32H,1H3;2-30H,1H3. The van der Waals surface area contributed by atoms with E-state index in [1.165, 1.54) is 10.8 Å². The zero-order chi connectivity index (χ0) is 70.9. The monoisotopic (exact) mass is 1350 g/mol. The van der Waals surface area contributed by atoms with Crippen molar-refractivity contribution in [3.63, 3.8) is 0 Å². The molecule has 0 spiro atoms. The Hall–Kier alpha value is -14.1. The lowest BCUT2D eigenvalue weighted by Gasteiger charge is -2.13. The number of pyridine rings is 4. The molecule has 0 aliphatic heterocycles. The molecule has 0 fully saturated rings. The van der Waals surface area contributed by atoms with Gasteiger partial charge in [0, 0.05) is 77.4 Å². The van der Waals surface area contributed by atoms with Crippen molar-refractivity contribution in [1.29, 1.82) is 0 Å². The molecule has 6 aromatic heterocycles.